The summed E-state index contributed by atoms with van der Waals surface area (Å²) < 4.78 is 5.79. The van der Waals surface area contributed by atoms with E-state index in [4.69, 9.17) is 4.74 Å². The molecule has 32 heavy (non-hydrogen) atoms. The second-order valence-corrected chi connectivity index (χ2v) is 9.76. The Bertz CT molecular complexity index is 1130. The molecular weight excluding hydrogens is 412 g/mol. The van der Waals surface area contributed by atoms with Gasteiger partial charge in [-0.2, -0.15) is 0 Å². The number of Topliss-reactive ketones (excluding diaryl/α,β-unsaturated/α-hetero) is 3. The van der Waals surface area contributed by atoms with Crippen molar-refractivity contribution in [3.05, 3.63) is 46.2 Å². The lowest BCUT2D eigenvalue weighted by molar-refractivity contribution is -0.164. The van der Waals surface area contributed by atoms with Crippen LogP contribution in [-0.2, 0) is 20.8 Å². The number of allylic oxidation sites excluding steroid dienone is 1. The fourth-order valence-electron chi connectivity index (χ4n) is 5.92. The summed E-state index contributed by atoms with van der Waals surface area (Å²) in [5.41, 5.74) is -4.07. The van der Waals surface area contributed by atoms with Crippen LogP contribution in [0.3, 0.4) is 0 Å². The summed E-state index contributed by atoms with van der Waals surface area (Å²) in [6, 6.07) is 5.40. The molecule has 4 rings (SSSR count). The Hall–Kier alpha value is -2.93. The van der Waals surface area contributed by atoms with Crippen LogP contribution in [0.1, 0.15) is 58.1 Å². The molecule has 0 bridgehead atoms. The lowest BCUT2D eigenvalue weighted by Gasteiger charge is -2.56. The fourth-order valence-corrected chi connectivity index (χ4v) is 5.92. The van der Waals surface area contributed by atoms with Gasteiger partial charge in [0.1, 0.15) is 22.8 Å². The number of rotatable bonds is 4. The van der Waals surface area contributed by atoms with E-state index in [2.05, 4.69) is 0 Å². The summed E-state index contributed by atoms with van der Waals surface area (Å²) in [4.78, 5) is 38.5. The number of carbonyl (C=O) groups excluding carboxylic acids is 3. The van der Waals surface area contributed by atoms with E-state index in [1.165, 1.54) is 0 Å². The molecule has 0 amide bonds. The van der Waals surface area contributed by atoms with Crippen molar-refractivity contribution in [3.8, 4) is 5.75 Å². The van der Waals surface area contributed by atoms with E-state index < -0.39 is 45.1 Å². The minimum absolute atomic E-state index is 0.0127. The number of carbonyl (C=O) groups is 3. The highest BCUT2D eigenvalue weighted by molar-refractivity contribution is 6.23. The number of benzene rings is 1. The molecule has 0 unspecified atom stereocenters. The predicted octanol–water partition coefficient (Wildman–Crippen LogP) is 3.39. The van der Waals surface area contributed by atoms with Gasteiger partial charge < -0.3 is 20.1 Å². The summed E-state index contributed by atoms with van der Waals surface area (Å²) in [7, 11) is 0. The maximum absolute atomic E-state index is 13.8. The van der Waals surface area contributed by atoms with Crippen LogP contribution in [0.2, 0.25) is 0 Å². The molecule has 7 heteroatoms. The number of aliphatic hydroxyl groups excluding tert-OH is 2. The minimum Gasteiger partial charge on any atom is -0.508 e. The molecule has 1 aromatic rings. The van der Waals surface area contributed by atoms with Crippen molar-refractivity contribution in [2.45, 2.75) is 59.0 Å². The van der Waals surface area contributed by atoms with Gasteiger partial charge >= 0.3 is 0 Å². The first-order chi connectivity index (χ1) is 14.9. The summed E-state index contributed by atoms with van der Waals surface area (Å²) >= 11 is 0. The van der Waals surface area contributed by atoms with Gasteiger partial charge in [-0.15, -0.1) is 0 Å². The molecule has 1 saturated carbocycles. The van der Waals surface area contributed by atoms with Crippen molar-refractivity contribution in [2.75, 3.05) is 6.61 Å². The highest BCUT2D eigenvalue weighted by atomic mass is 16.5. The third kappa shape index (κ3) is 2.73. The number of fused-ring (bicyclic) bond motifs is 3. The summed E-state index contributed by atoms with van der Waals surface area (Å²) in [5.74, 6) is -2.97. The Kier molecular flexibility index (Phi) is 4.90. The second kappa shape index (κ2) is 7.04. The molecule has 0 saturated heterocycles. The van der Waals surface area contributed by atoms with E-state index in [0.29, 0.717) is 24.3 Å². The normalized spacial score (nSPS) is 31.8. The average Bonchev–Trinajstić information content (AvgIpc) is 2.68. The van der Waals surface area contributed by atoms with E-state index in [-0.39, 0.29) is 24.2 Å². The number of ether oxygens (including phenoxy) is 1. The SMILES string of the molecule is CCCOc1cccc2c1C(O)=C1C(=O)[C@@]3(O)C(O)=C(C(C)=O)C(=O)C[C@@]3(C)C[C@@]1(C)C2. The van der Waals surface area contributed by atoms with Gasteiger partial charge in [-0.25, -0.2) is 0 Å². The van der Waals surface area contributed by atoms with Gasteiger partial charge in [0, 0.05) is 22.8 Å². The van der Waals surface area contributed by atoms with Crippen LogP contribution < -0.4 is 4.74 Å². The molecule has 1 aromatic carbocycles. The van der Waals surface area contributed by atoms with Crippen LogP contribution >= 0.6 is 0 Å². The standard InChI is InChI=1S/C25H28O7/c1-5-9-32-16-8-6-7-14-10-23(3)12-24(4)11-15(27)17(13(2)26)21(29)25(24,31)22(30)19(23)20(28)18(14)16/h6-8,28-29,31H,5,9-12H2,1-4H3/t23-,24+,25+/m1/s1. The Labute approximate surface area is 186 Å². The lowest BCUT2D eigenvalue weighted by atomic mass is 9.47. The Balaban J connectivity index is 1.97. The number of hydrogen-bond donors (Lipinski definition) is 3. The van der Waals surface area contributed by atoms with E-state index in [0.717, 1.165) is 18.9 Å². The quantitative estimate of drug-likeness (QED) is 0.614. The monoisotopic (exact) mass is 440 g/mol. The maximum Gasteiger partial charge on any atom is 0.203 e. The minimum atomic E-state index is -2.48. The van der Waals surface area contributed by atoms with Crippen LogP contribution in [0.4, 0.5) is 0 Å². The third-order valence-corrected chi connectivity index (χ3v) is 7.20. The molecule has 3 atom stereocenters. The first-order valence-corrected chi connectivity index (χ1v) is 10.8. The second-order valence-electron chi connectivity index (χ2n) is 9.76. The van der Waals surface area contributed by atoms with Gasteiger partial charge in [-0.1, -0.05) is 32.9 Å². The van der Waals surface area contributed by atoms with E-state index in [1.807, 2.05) is 26.0 Å². The van der Waals surface area contributed by atoms with Gasteiger partial charge in [-0.05, 0) is 37.8 Å². The zero-order valence-electron chi connectivity index (χ0n) is 18.7. The molecule has 3 aliphatic rings. The first kappa shape index (κ1) is 22.3. The average molecular weight is 440 g/mol. The Morgan fingerprint density at radius 1 is 1.16 bits per heavy atom. The van der Waals surface area contributed by atoms with E-state index in [1.54, 1.807) is 13.0 Å². The van der Waals surface area contributed by atoms with Gasteiger partial charge in [0.25, 0.3) is 0 Å². The van der Waals surface area contributed by atoms with Crippen molar-refractivity contribution < 1.29 is 34.4 Å². The predicted molar refractivity (Wildman–Crippen MR) is 116 cm³/mol. The van der Waals surface area contributed by atoms with Crippen molar-refractivity contribution in [3.63, 3.8) is 0 Å². The van der Waals surface area contributed by atoms with E-state index in [9.17, 15) is 29.7 Å². The van der Waals surface area contributed by atoms with Crippen molar-refractivity contribution >= 4 is 23.1 Å². The van der Waals surface area contributed by atoms with Crippen LogP contribution in [-0.4, -0.2) is 44.9 Å². The molecule has 3 N–H and O–H groups in total. The molecule has 1 fully saturated rings. The molecule has 0 radical (unpaired) electrons. The molecule has 7 nitrogen and oxygen atoms in total. The molecule has 0 spiro atoms. The highest BCUT2D eigenvalue weighted by Crippen LogP contribution is 2.62. The van der Waals surface area contributed by atoms with Crippen LogP contribution in [0.15, 0.2) is 35.1 Å². The number of aliphatic hydroxyl groups is 3. The fraction of sp³-hybridized carbons (Fsp3) is 0.480. The number of hydrogen-bond acceptors (Lipinski definition) is 7. The molecule has 170 valence electrons. The smallest absolute Gasteiger partial charge is 0.203 e. The van der Waals surface area contributed by atoms with Crippen LogP contribution in [0.25, 0.3) is 5.76 Å². The first-order valence-electron chi connectivity index (χ1n) is 10.8. The summed E-state index contributed by atoms with van der Waals surface area (Å²) in [5, 5.41) is 33.8. The Morgan fingerprint density at radius 3 is 2.47 bits per heavy atom. The van der Waals surface area contributed by atoms with Crippen molar-refractivity contribution in [1.29, 1.82) is 0 Å². The lowest BCUT2D eigenvalue weighted by Crippen LogP contribution is -2.65. The zero-order valence-corrected chi connectivity index (χ0v) is 18.7. The van der Waals surface area contributed by atoms with E-state index >= 15 is 0 Å². The molecule has 0 aromatic heterocycles. The molecule has 0 heterocycles. The van der Waals surface area contributed by atoms with Gasteiger partial charge in [-0.3, -0.25) is 14.4 Å². The largest absolute Gasteiger partial charge is 0.508 e. The number of ketones is 3. The van der Waals surface area contributed by atoms with Crippen molar-refractivity contribution in [1.82, 2.24) is 0 Å². The third-order valence-electron chi connectivity index (χ3n) is 7.20. The topological polar surface area (TPSA) is 121 Å². The van der Waals surface area contributed by atoms with Crippen LogP contribution in [0.5, 0.6) is 5.75 Å². The molecule has 3 aliphatic carbocycles. The molecule has 0 aliphatic heterocycles. The Morgan fingerprint density at radius 2 is 1.84 bits per heavy atom. The van der Waals surface area contributed by atoms with Crippen molar-refractivity contribution in [2.24, 2.45) is 10.8 Å². The van der Waals surface area contributed by atoms with Gasteiger partial charge in [0.05, 0.1) is 12.2 Å². The highest BCUT2D eigenvalue weighted by Gasteiger charge is 2.68. The summed E-state index contributed by atoms with van der Waals surface area (Å²) in [6.45, 7) is 6.89. The van der Waals surface area contributed by atoms with Crippen LogP contribution in [0, 0.1) is 10.8 Å². The summed E-state index contributed by atoms with van der Waals surface area (Å²) in [6.07, 6.45) is 1.05. The molecular formula is C25H28O7. The van der Waals surface area contributed by atoms with Gasteiger partial charge in [0.2, 0.25) is 5.78 Å². The zero-order chi connectivity index (χ0) is 23.6. The van der Waals surface area contributed by atoms with Gasteiger partial charge in [0.15, 0.2) is 17.2 Å². The maximum atomic E-state index is 13.8.